The number of nitrogens with zero attached hydrogens (tertiary/aromatic N) is 1. The van der Waals surface area contributed by atoms with E-state index in [1.54, 1.807) is 0 Å². The lowest BCUT2D eigenvalue weighted by atomic mass is 10.2. The first-order valence-electron chi connectivity index (χ1n) is 4.88. The molecule has 1 atom stereocenters. The Labute approximate surface area is 90.8 Å². The molecule has 1 aromatic rings. The molecule has 1 aliphatic rings. The topological polar surface area (TPSA) is 104 Å². The quantitative estimate of drug-likeness (QED) is 0.682. The Hall–Kier alpha value is -1.89. The smallest absolute Gasteiger partial charge is 0.353 e. The molecule has 1 fully saturated rings. The molecule has 7 heteroatoms. The summed E-state index contributed by atoms with van der Waals surface area (Å²) in [6, 6.07) is 1.26. The fourth-order valence-electron chi connectivity index (χ4n) is 1.49. The van der Waals surface area contributed by atoms with E-state index in [9.17, 15) is 9.59 Å². The molecule has 0 radical (unpaired) electrons. The maximum absolute atomic E-state index is 11.6. The summed E-state index contributed by atoms with van der Waals surface area (Å²) in [5.74, 6) is -1.22. The average Bonchev–Trinajstić information content (AvgIpc) is 2.87. The molecule has 1 aliphatic heterocycles. The number of aromatic nitrogens is 2. The largest absolute Gasteiger partial charge is 0.477 e. The third-order valence-corrected chi connectivity index (χ3v) is 2.28. The monoisotopic (exact) mass is 225 g/mol. The van der Waals surface area contributed by atoms with Crippen LogP contribution in [0.4, 0.5) is 5.82 Å². The van der Waals surface area contributed by atoms with Crippen LogP contribution in [0.5, 0.6) is 0 Å². The fourth-order valence-corrected chi connectivity index (χ4v) is 1.49. The molecule has 0 aliphatic carbocycles. The van der Waals surface area contributed by atoms with Crippen LogP contribution in [0, 0.1) is 0 Å². The molecule has 0 saturated carbocycles. The molecule has 1 saturated heterocycles. The maximum Gasteiger partial charge on any atom is 0.353 e. The summed E-state index contributed by atoms with van der Waals surface area (Å²) in [6.45, 7) is 0.582. The predicted octanol–water partition coefficient (Wildman–Crippen LogP) is 0.225. The second-order valence-corrected chi connectivity index (χ2v) is 3.46. The SMILES string of the molecule is O=C(O)c1cc(NC(=O)[C@@H]2CCCO2)n[nH]1. The number of carbonyl (C=O) groups is 2. The third kappa shape index (κ3) is 2.19. The van der Waals surface area contributed by atoms with Crippen molar-refractivity contribution in [3.8, 4) is 0 Å². The van der Waals surface area contributed by atoms with Gasteiger partial charge in [-0.05, 0) is 12.8 Å². The predicted molar refractivity (Wildman–Crippen MR) is 53.2 cm³/mol. The first-order valence-corrected chi connectivity index (χ1v) is 4.88. The lowest BCUT2D eigenvalue weighted by Crippen LogP contribution is -2.26. The number of aromatic carboxylic acids is 1. The average molecular weight is 225 g/mol. The van der Waals surface area contributed by atoms with E-state index in [-0.39, 0.29) is 17.4 Å². The number of hydrogen-bond acceptors (Lipinski definition) is 4. The standard InChI is InChI=1S/C9H11N3O4/c13-8(6-2-1-3-16-6)10-7-4-5(9(14)15)11-12-7/h4,6H,1-3H2,(H,14,15)(H2,10,11,12,13)/t6-/m0/s1. The Morgan fingerprint density at radius 3 is 3.00 bits per heavy atom. The molecule has 2 rings (SSSR count). The van der Waals surface area contributed by atoms with Crippen LogP contribution >= 0.6 is 0 Å². The third-order valence-electron chi connectivity index (χ3n) is 2.28. The van der Waals surface area contributed by atoms with Gasteiger partial charge in [0.15, 0.2) is 5.82 Å². The van der Waals surface area contributed by atoms with Gasteiger partial charge in [0.2, 0.25) is 0 Å². The van der Waals surface area contributed by atoms with E-state index in [0.717, 1.165) is 6.42 Å². The number of aromatic amines is 1. The van der Waals surface area contributed by atoms with E-state index in [4.69, 9.17) is 9.84 Å². The van der Waals surface area contributed by atoms with Crippen molar-refractivity contribution in [2.45, 2.75) is 18.9 Å². The Balaban J connectivity index is 1.97. The van der Waals surface area contributed by atoms with Gasteiger partial charge in [0, 0.05) is 12.7 Å². The van der Waals surface area contributed by atoms with Crippen molar-refractivity contribution < 1.29 is 19.4 Å². The van der Waals surface area contributed by atoms with Crippen molar-refractivity contribution in [1.82, 2.24) is 10.2 Å². The minimum Gasteiger partial charge on any atom is -0.477 e. The maximum atomic E-state index is 11.6. The van der Waals surface area contributed by atoms with Gasteiger partial charge in [-0.3, -0.25) is 9.89 Å². The van der Waals surface area contributed by atoms with Crippen LogP contribution in [0.15, 0.2) is 6.07 Å². The van der Waals surface area contributed by atoms with Gasteiger partial charge in [0.25, 0.3) is 5.91 Å². The van der Waals surface area contributed by atoms with Crippen molar-refractivity contribution >= 4 is 17.7 Å². The Bertz CT molecular complexity index is 409. The zero-order valence-corrected chi connectivity index (χ0v) is 8.40. The second-order valence-electron chi connectivity index (χ2n) is 3.46. The van der Waals surface area contributed by atoms with Crippen LogP contribution in [0.3, 0.4) is 0 Å². The van der Waals surface area contributed by atoms with Crippen LogP contribution in [0.1, 0.15) is 23.3 Å². The number of hydrogen-bond donors (Lipinski definition) is 3. The number of amides is 1. The normalized spacial score (nSPS) is 19.6. The van der Waals surface area contributed by atoms with Crippen molar-refractivity contribution in [2.75, 3.05) is 11.9 Å². The molecule has 3 N–H and O–H groups in total. The van der Waals surface area contributed by atoms with E-state index >= 15 is 0 Å². The lowest BCUT2D eigenvalue weighted by Gasteiger charge is -2.07. The molecule has 0 aromatic carbocycles. The minimum atomic E-state index is -1.12. The highest BCUT2D eigenvalue weighted by Gasteiger charge is 2.24. The molecule has 1 amide bonds. The van der Waals surface area contributed by atoms with Crippen LogP contribution in [-0.2, 0) is 9.53 Å². The number of carbonyl (C=O) groups excluding carboxylic acids is 1. The van der Waals surface area contributed by atoms with Crippen molar-refractivity contribution in [3.63, 3.8) is 0 Å². The van der Waals surface area contributed by atoms with E-state index < -0.39 is 12.1 Å². The number of nitrogens with one attached hydrogen (secondary N) is 2. The van der Waals surface area contributed by atoms with Crippen LogP contribution in [0.2, 0.25) is 0 Å². The summed E-state index contributed by atoms with van der Waals surface area (Å²) >= 11 is 0. The van der Waals surface area contributed by atoms with Gasteiger partial charge in [-0.2, -0.15) is 5.10 Å². The Morgan fingerprint density at radius 1 is 1.62 bits per heavy atom. The molecular formula is C9H11N3O4. The molecule has 1 aromatic heterocycles. The molecule has 0 bridgehead atoms. The molecule has 16 heavy (non-hydrogen) atoms. The second kappa shape index (κ2) is 4.31. The molecule has 7 nitrogen and oxygen atoms in total. The number of carboxylic acids is 1. The number of H-pyrrole nitrogens is 1. The first kappa shape index (κ1) is 10.6. The summed E-state index contributed by atoms with van der Waals surface area (Å²) in [7, 11) is 0. The fraction of sp³-hybridized carbons (Fsp3) is 0.444. The van der Waals surface area contributed by atoms with E-state index in [0.29, 0.717) is 13.0 Å². The van der Waals surface area contributed by atoms with Crippen molar-refractivity contribution in [3.05, 3.63) is 11.8 Å². The summed E-state index contributed by atoms with van der Waals surface area (Å²) in [6.07, 6.45) is 1.09. The highest BCUT2D eigenvalue weighted by molar-refractivity contribution is 5.94. The van der Waals surface area contributed by atoms with Crippen molar-refractivity contribution in [1.29, 1.82) is 0 Å². The van der Waals surface area contributed by atoms with Gasteiger partial charge in [0.05, 0.1) is 0 Å². The van der Waals surface area contributed by atoms with E-state index in [1.807, 2.05) is 0 Å². The van der Waals surface area contributed by atoms with Crippen LogP contribution < -0.4 is 5.32 Å². The summed E-state index contributed by atoms with van der Waals surface area (Å²) in [4.78, 5) is 22.1. The van der Waals surface area contributed by atoms with Crippen LogP contribution in [-0.4, -0.2) is 39.9 Å². The van der Waals surface area contributed by atoms with Crippen molar-refractivity contribution in [2.24, 2.45) is 0 Å². The van der Waals surface area contributed by atoms with Gasteiger partial charge < -0.3 is 15.2 Å². The van der Waals surface area contributed by atoms with Crippen LogP contribution in [0.25, 0.3) is 0 Å². The summed E-state index contributed by atoms with van der Waals surface area (Å²) in [5, 5.41) is 17.1. The highest BCUT2D eigenvalue weighted by atomic mass is 16.5. The molecule has 0 spiro atoms. The van der Waals surface area contributed by atoms with Gasteiger partial charge in [-0.25, -0.2) is 4.79 Å². The Morgan fingerprint density at radius 2 is 2.44 bits per heavy atom. The molecule has 86 valence electrons. The molecule has 2 heterocycles. The summed E-state index contributed by atoms with van der Waals surface area (Å²) in [5.41, 5.74) is -0.0670. The van der Waals surface area contributed by atoms with Gasteiger partial charge in [-0.15, -0.1) is 0 Å². The minimum absolute atomic E-state index is 0.0670. The Kier molecular flexibility index (Phi) is 2.86. The number of anilines is 1. The first-order chi connectivity index (χ1) is 7.66. The van der Waals surface area contributed by atoms with Gasteiger partial charge >= 0.3 is 5.97 Å². The zero-order valence-electron chi connectivity index (χ0n) is 8.40. The van der Waals surface area contributed by atoms with Gasteiger partial charge in [-0.1, -0.05) is 0 Å². The van der Waals surface area contributed by atoms with E-state index in [2.05, 4.69) is 15.5 Å². The number of rotatable bonds is 3. The zero-order chi connectivity index (χ0) is 11.5. The molecule has 0 unspecified atom stereocenters. The molecular weight excluding hydrogens is 214 g/mol. The highest BCUT2D eigenvalue weighted by Crippen LogP contribution is 2.14. The van der Waals surface area contributed by atoms with E-state index in [1.165, 1.54) is 6.07 Å². The van der Waals surface area contributed by atoms with Gasteiger partial charge in [0.1, 0.15) is 11.8 Å². The number of carboxylic acid groups (broad SMARTS) is 1. The lowest BCUT2D eigenvalue weighted by molar-refractivity contribution is -0.124. The number of ether oxygens (including phenoxy) is 1. The summed E-state index contributed by atoms with van der Waals surface area (Å²) < 4.78 is 5.17.